The van der Waals surface area contributed by atoms with Crippen molar-refractivity contribution in [2.45, 2.75) is 11.0 Å². The zero-order valence-corrected chi connectivity index (χ0v) is 11.5. The predicted octanol–water partition coefficient (Wildman–Crippen LogP) is 0.196. The number of sulfone groups is 1. The van der Waals surface area contributed by atoms with Gasteiger partial charge < -0.3 is 15.2 Å². The molecule has 0 aromatic heterocycles. The molecule has 0 saturated heterocycles. The summed E-state index contributed by atoms with van der Waals surface area (Å²) in [7, 11) is -2.05. The van der Waals surface area contributed by atoms with Crippen molar-refractivity contribution in [3.05, 3.63) is 30.1 Å². The second-order valence-electron chi connectivity index (χ2n) is 4.09. The van der Waals surface area contributed by atoms with Crippen LogP contribution in [0.15, 0.2) is 29.2 Å². The number of aliphatic hydroxyl groups is 1. The van der Waals surface area contributed by atoms with Crippen molar-refractivity contribution in [3.8, 4) is 0 Å². The Bertz CT molecular complexity index is 475. The largest absolute Gasteiger partial charge is 0.391 e. The third-order valence-electron chi connectivity index (χ3n) is 2.45. The highest BCUT2D eigenvalue weighted by Gasteiger charge is 2.19. The van der Waals surface area contributed by atoms with E-state index < -0.39 is 27.5 Å². The molecule has 19 heavy (non-hydrogen) atoms. The van der Waals surface area contributed by atoms with Gasteiger partial charge in [0.25, 0.3) is 0 Å². The van der Waals surface area contributed by atoms with Crippen LogP contribution in [0.4, 0.5) is 4.39 Å². The lowest BCUT2D eigenvalue weighted by atomic mass is 10.3. The van der Waals surface area contributed by atoms with E-state index in [-0.39, 0.29) is 11.4 Å². The van der Waals surface area contributed by atoms with Crippen LogP contribution >= 0.6 is 0 Å². The molecule has 0 amide bonds. The Morgan fingerprint density at radius 1 is 1.37 bits per heavy atom. The number of hydrogen-bond acceptors (Lipinski definition) is 5. The van der Waals surface area contributed by atoms with Gasteiger partial charge in [0, 0.05) is 20.2 Å². The van der Waals surface area contributed by atoms with E-state index in [1.54, 1.807) is 7.11 Å². The fourth-order valence-electron chi connectivity index (χ4n) is 1.49. The van der Waals surface area contributed by atoms with Crippen molar-refractivity contribution in [1.82, 2.24) is 5.32 Å². The summed E-state index contributed by atoms with van der Waals surface area (Å²) < 4.78 is 41.3. The summed E-state index contributed by atoms with van der Waals surface area (Å²) in [6.07, 6.45) is -1.02. The van der Waals surface area contributed by atoms with Gasteiger partial charge in [0.2, 0.25) is 0 Å². The van der Waals surface area contributed by atoms with E-state index in [9.17, 15) is 17.9 Å². The lowest BCUT2D eigenvalue weighted by Crippen LogP contribution is -2.34. The van der Waals surface area contributed by atoms with Gasteiger partial charge in [-0.15, -0.1) is 0 Å². The van der Waals surface area contributed by atoms with E-state index in [0.29, 0.717) is 13.2 Å². The highest BCUT2D eigenvalue weighted by atomic mass is 32.2. The first-order chi connectivity index (χ1) is 8.95. The first-order valence-electron chi connectivity index (χ1n) is 5.82. The Morgan fingerprint density at radius 3 is 2.58 bits per heavy atom. The average molecular weight is 291 g/mol. The molecule has 2 N–H and O–H groups in total. The first kappa shape index (κ1) is 16.0. The molecule has 0 saturated carbocycles. The first-order valence-corrected chi connectivity index (χ1v) is 7.47. The minimum Gasteiger partial charge on any atom is -0.391 e. The number of halogens is 1. The Morgan fingerprint density at radius 2 is 2.00 bits per heavy atom. The van der Waals surface area contributed by atoms with Crippen molar-refractivity contribution in [1.29, 1.82) is 0 Å². The van der Waals surface area contributed by atoms with Crippen LogP contribution in [0.2, 0.25) is 0 Å². The lowest BCUT2D eigenvalue weighted by Gasteiger charge is -2.12. The van der Waals surface area contributed by atoms with Gasteiger partial charge in [-0.2, -0.15) is 0 Å². The third kappa shape index (κ3) is 5.65. The van der Waals surface area contributed by atoms with Gasteiger partial charge in [-0.05, 0) is 24.3 Å². The van der Waals surface area contributed by atoms with Crippen molar-refractivity contribution in [3.63, 3.8) is 0 Å². The van der Waals surface area contributed by atoms with E-state index in [4.69, 9.17) is 4.74 Å². The van der Waals surface area contributed by atoms with Crippen molar-refractivity contribution in [2.24, 2.45) is 0 Å². The molecule has 1 unspecified atom stereocenters. The number of nitrogens with one attached hydrogen (secondary N) is 1. The minimum absolute atomic E-state index is 0.00448. The fraction of sp³-hybridized carbons (Fsp3) is 0.500. The summed E-state index contributed by atoms with van der Waals surface area (Å²) in [4.78, 5) is 0.00448. The van der Waals surface area contributed by atoms with Crippen LogP contribution in [-0.4, -0.2) is 52.2 Å². The minimum atomic E-state index is -3.61. The summed E-state index contributed by atoms with van der Waals surface area (Å²) in [6.45, 7) is 1.17. The lowest BCUT2D eigenvalue weighted by molar-refractivity contribution is 0.174. The van der Waals surface area contributed by atoms with E-state index in [1.807, 2.05) is 0 Å². The van der Waals surface area contributed by atoms with Crippen molar-refractivity contribution < 1.29 is 22.7 Å². The maximum absolute atomic E-state index is 12.7. The Kier molecular flexibility index (Phi) is 6.36. The van der Waals surface area contributed by atoms with Crippen molar-refractivity contribution >= 4 is 9.84 Å². The molecule has 1 atom stereocenters. The third-order valence-corrected chi connectivity index (χ3v) is 4.26. The normalized spacial score (nSPS) is 13.4. The van der Waals surface area contributed by atoms with Crippen LogP contribution in [0.5, 0.6) is 0 Å². The van der Waals surface area contributed by atoms with Crippen LogP contribution in [0, 0.1) is 5.82 Å². The van der Waals surface area contributed by atoms with Gasteiger partial charge in [-0.3, -0.25) is 0 Å². The molecule has 0 heterocycles. The molecule has 0 fully saturated rings. The SMILES string of the molecule is COCCNCC(O)CS(=O)(=O)c1ccc(F)cc1. The Balaban J connectivity index is 2.52. The Hall–Kier alpha value is -1.02. The average Bonchev–Trinajstić information content (AvgIpc) is 2.34. The number of hydrogen-bond donors (Lipinski definition) is 2. The van der Waals surface area contributed by atoms with E-state index in [0.717, 1.165) is 12.1 Å². The zero-order valence-electron chi connectivity index (χ0n) is 10.7. The summed E-state index contributed by atoms with van der Waals surface area (Å²) in [5.41, 5.74) is 0. The second kappa shape index (κ2) is 7.54. The highest BCUT2D eigenvalue weighted by molar-refractivity contribution is 7.91. The summed E-state index contributed by atoms with van der Waals surface area (Å²) in [6, 6.07) is 4.54. The van der Waals surface area contributed by atoms with E-state index in [1.165, 1.54) is 12.1 Å². The molecule has 1 aromatic rings. The molecule has 0 bridgehead atoms. The molecular formula is C12H18FNO4S. The summed E-state index contributed by atoms with van der Waals surface area (Å²) in [5, 5.41) is 12.5. The summed E-state index contributed by atoms with van der Waals surface area (Å²) >= 11 is 0. The molecule has 7 heteroatoms. The monoisotopic (exact) mass is 291 g/mol. The molecule has 0 aliphatic rings. The van der Waals surface area contributed by atoms with Gasteiger partial charge in [0.05, 0.1) is 23.4 Å². The maximum atomic E-state index is 12.7. The molecule has 0 radical (unpaired) electrons. The van der Waals surface area contributed by atoms with E-state index in [2.05, 4.69) is 5.32 Å². The number of rotatable bonds is 8. The number of ether oxygens (including phenoxy) is 1. The smallest absolute Gasteiger partial charge is 0.180 e. The topological polar surface area (TPSA) is 75.6 Å². The molecule has 1 aromatic carbocycles. The highest BCUT2D eigenvalue weighted by Crippen LogP contribution is 2.12. The zero-order chi connectivity index (χ0) is 14.3. The predicted molar refractivity (Wildman–Crippen MR) is 69.2 cm³/mol. The number of methoxy groups -OCH3 is 1. The quantitative estimate of drug-likeness (QED) is 0.528. The Labute approximate surface area is 112 Å². The van der Waals surface area contributed by atoms with Crippen LogP contribution < -0.4 is 5.32 Å². The van der Waals surface area contributed by atoms with Gasteiger partial charge in [0.1, 0.15) is 5.82 Å². The number of benzene rings is 1. The van der Waals surface area contributed by atoms with Crippen LogP contribution in [0.1, 0.15) is 0 Å². The summed E-state index contributed by atoms with van der Waals surface area (Å²) in [5.74, 6) is -0.903. The number of aliphatic hydroxyl groups excluding tert-OH is 1. The van der Waals surface area contributed by atoms with Crippen LogP contribution in [0.3, 0.4) is 0 Å². The second-order valence-corrected chi connectivity index (χ2v) is 6.12. The van der Waals surface area contributed by atoms with Crippen LogP contribution in [0.25, 0.3) is 0 Å². The van der Waals surface area contributed by atoms with Gasteiger partial charge >= 0.3 is 0 Å². The van der Waals surface area contributed by atoms with Gasteiger partial charge in [-0.1, -0.05) is 0 Å². The standard InChI is InChI=1S/C12H18FNO4S/c1-18-7-6-14-8-11(15)9-19(16,17)12-4-2-10(13)3-5-12/h2-5,11,14-15H,6-9H2,1H3. The molecule has 0 aliphatic heterocycles. The molecule has 5 nitrogen and oxygen atoms in total. The van der Waals surface area contributed by atoms with Gasteiger partial charge in [-0.25, -0.2) is 12.8 Å². The maximum Gasteiger partial charge on any atom is 0.180 e. The van der Waals surface area contributed by atoms with Gasteiger partial charge in [0.15, 0.2) is 9.84 Å². The van der Waals surface area contributed by atoms with E-state index >= 15 is 0 Å². The van der Waals surface area contributed by atoms with Crippen LogP contribution in [-0.2, 0) is 14.6 Å². The molecular weight excluding hydrogens is 273 g/mol. The van der Waals surface area contributed by atoms with Crippen molar-refractivity contribution in [2.75, 3.05) is 32.6 Å². The molecule has 1 rings (SSSR count). The fourth-order valence-corrected chi connectivity index (χ4v) is 2.86. The molecule has 0 aliphatic carbocycles. The molecule has 0 spiro atoms. The molecule has 108 valence electrons.